The molecule has 2 aromatic rings. The molecule has 0 radical (unpaired) electrons. The van der Waals surface area contributed by atoms with Gasteiger partial charge in [0, 0.05) is 6.61 Å². The summed E-state index contributed by atoms with van der Waals surface area (Å²) < 4.78 is 5.84. The third-order valence-corrected chi connectivity index (χ3v) is 3.51. The fourth-order valence-electron chi connectivity index (χ4n) is 2.62. The molecule has 1 unspecified atom stereocenters. The standard InChI is InChI=1S/C16H22N2O/c1-4-19-16(2,3)15(18-17)14-11-7-9-12-8-5-6-10-13(12)14/h5-11,15,18H,4,17H2,1-3H3. The van der Waals surface area contributed by atoms with Gasteiger partial charge in [-0.05, 0) is 37.1 Å². The van der Waals surface area contributed by atoms with Crippen LogP contribution in [0.1, 0.15) is 32.4 Å². The maximum Gasteiger partial charge on any atom is 0.0833 e. The highest BCUT2D eigenvalue weighted by atomic mass is 16.5. The fourth-order valence-corrected chi connectivity index (χ4v) is 2.62. The smallest absolute Gasteiger partial charge is 0.0833 e. The summed E-state index contributed by atoms with van der Waals surface area (Å²) in [5, 5.41) is 2.42. The number of ether oxygens (including phenoxy) is 1. The van der Waals surface area contributed by atoms with E-state index in [1.165, 1.54) is 16.3 Å². The molecule has 0 heterocycles. The van der Waals surface area contributed by atoms with E-state index >= 15 is 0 Å². The summed E-state index contributed by atoms with van der Waals surface area (Å²) in [4.78, 5) is 0. The Balaban J connectivity index is 2.52. The van der Waals surface area contributed by atoms with Crippen molar-refractivity contribution in [1.82, 2.24) is 5.43 Å². The van der Waals surface area contributed by atoms with Crippen LogP contribution in [0.4, 0.5) is 0 Å². The molecular formula is C16H22N2O. The highest BCUT2D eigenvalue weighted by Crippen LogP contribution is 2.32. The van der Waals surface area contributed by atoms with Crippen LogP contribution in [0, 0.1) is 0 Å². The molecule has 0 aromatic heterocycles. The largest absolute Gasteiger partial charge is 0.374 e. The van der Waals surface area contributed by atoms with E-state index in [1.54, 1.807) is 0 Å². The number of fused-ring (bicyclic) bond motifs is 1. The van der Waals surface area contributed by atoms with E-state index in [1.807, 2.05) is 19.1 Å². The Labute approximate surface area is 114 Å². The first-order valence-corrected chi connectivity index (χ1v) is 6.68. The van der Waals surface area contributed by atoms with Crippen molar-refractivity contribution < 1.29 is 4.74 Å². The molecular weight excluding hydrogens is 236 g/mol. The number of hydrogen-bond donors (Lipinski definition) is 2. The molecule has 0 spiro atoms. The quantitative estimate of drug-likeness (QED) is 0.639. The predicted octanol–water partition coefficient (Wildman–Crippen LogP) is 3.16. The van der Waals surface area contributed by atoms with Gasteiger partial charge in [0.1, 0.15) is 0 Å². The molecule has 3 heteroatoms. The first kappa shape index (κ1) is 14.0. The van der Waals surface area contributed by atoms with Crippen molar-refractivity contribution in [2.45, 2.75) is 32.4 Å². The minimum absolute atomic E-state index is 0.0569. The van der Waals surface area contributed by atoms with Gasteiger partial charge in [-0.25, -0.2) is 0 Å². The second-order valence-electron chi connectivity index (χ2n) is 5.20. The van der Waals surface area contributed by atoms with Gasteiger partial charge in [0.15, 0.2) is 0 Å². The van der Waals surface area contributed by atoms with Crippen molar-refractivity contribution in [2.75, 3.05) is 6.61 Å². The fraction of sp³-hybridized carbons (Fsp3) is 0.375. The molecule has 0 saturated carbocycles. The first-order valence-electron chi connectivity index (χ1n) is 6.68. The summed E-state index contributed by atoms with van der Waals surface area (Å²) in [5.41, 5.74) is 3.71. The van der Waals surface area contributed by atoms with E-state index in [2.05, 4.69) is 49.6 Å². The highest BCUT2D eigenvalue weighted by molar-refractivity contribution is 5.86. The number of benzene rings is 2. The average Bonchev–Trinajstić information content (AvgIpc) is 2.39. The van der Waals surface area contributed by atoms with Gasteiger partial charge in [-0.15, -0.1) is 0 Å². The van der Waals surface area contributed by atoms with Crippen molar-refractivity contribution in [2.24, 2.45) is 5.84 Å². The highest BCUT2D eigenvalue weighted by Gasteiger charge is 2.31. The van der Waals surface area contributed by atoms with Crippen LogP contribution in [-0.2, 0) is 4.74 Å². The lowest BCUT2D eigenvalue weighted by atomic mass is 9.89. The van der Waals surface area contributed by atoms with Gasteiger partial charge >= 0.3 is 0 Å². The van der Waals surface area contributed by atoms with Crippen LogP contribution in [0.2, 0.25) is 0 Å². The molecule has 1 atom stereocenters. The van der Waals surface area contributed by atoms with Crippen LogP contribution < -0.4 is 11.3 Å². The van der Waals surface area contributed by atoms with E-state index in [-0.39, 0.29) is 11.6 Å². The maximum absolute atomic E-state index is 5.84. The second kappa shape index (κ2) is 5.70. The topological polar surface area (TPSA) is 47.3 Å². The van der Waals surface area contributed by atoms with Gasteiger partial charge < -0.3 is 4.74 Å². The molecule has 0 amide bonds. The summed E-state index contributed by atoms with van der Waals surface area (Å²) >= 11 is 0. The van der Waals surface area contributed by atoms with E-state index < -0.39 is 0 Å². The van der Waals surface area contributed by atoms with Gasteiger partial charge in [-0.2, -0.15) is 0 Å². The number of hydrazine groups is 1. The third kappa shape index (κ3) is 2.78. The van der Waals surface area contributed by atoms with Gasteiger partial charge in [0.05, 0.1) is 11.6 Å². The normalized spacial score (nSPS) is 13.7. The van der Waals surface area contributed by atoms with E-state index in [0.717, 1.165) is 0 Å². The predicted molar refractivity (Wildman–Crippen MR) is 79.7 cm³/mol. The monoisotopic (exact) mass is 258 g/mol. The van der Waals surface area contributed by atoms with Gasteiger partial charge in [0.25, 0.3) is 0 Å². The van der Waals surface area contributed by atoms with Crippen molar-refractivity contribution in [3.05, 3.63) is 48.0 Å². The second-order valence-corrected chi connectivity index (χ2v) is 5.20. The SMILES string of the molecule is CCOC(C)(C)C(NN)c1cccc2ccccc12. The Morgan fingerprint density at radius 1 is 1.16 bits per heavy atom. The summed E-state index contributed by atoms with van der Waals surface area (Å²) in [5.74, 6) is 5.78. The molecule has 0 aliphatic rings. The van der Waals surface area contributed by atoms with Crippen LogP contribution in [0.5, 0.6) is 0 Å². The van der Waals surface area contributed by atoms with Crippen molar-refractivity contribution in [3.63, 3.8) is 0 Å². The van der Waals surface area contributed by atoms with Crippen LogP contribution in [0.25, 0.3) is 10.8 Å². The minimum Gasteiger partial charge on any atom is -0.374 e. The molecule has 3 nitrogen and oxygen atoms in total. The number of nitrogens with two attached hydrogens (primary N) is 1. The van der Waals surface area contributed by atoms with Gasteiger partial charge in [-0.1, -0.05) is 42.5 Å². The molecule has 0 aliphatic carbocycles. The molecule has 0 fully saturated rings. The van der Waals surface area contributed by atoms with E-state index in [0.29, 0.717) is 6.61 Å². The average molecular weight is 258 g/mol. The summed E-state index contributed by atoms with van der Waals surface area (Å²) in [6.45, 7) is 6.78. The number of rotatable bonds is 5. The zero-order valence-electron chi connectivity index (χ0n) is 11.8. The zero-order chi connectivity index (χ0) is 13.9. The Hall–Kier alpha value is -1.42. The summed E-state index contributed by atoms with van der Waals surface area (Å²) in [7, 11) is 0. The molecule has 0 bridgehead atoms. The molecule has 2 rings (SSSR count). The van der Waals surface area contributed by atoms with Crippen LogP contribution in [0.15, 0.2) is 42.5 Å². The number of nitrogens with one attached hydrogen (secondary N) is 1. The van der Waals surface area contributed by atoms with Gasteiger partial charge in [0.2, 0.25) is 0 Å². The van der Waals surface area contributed by atoms with Gasteiger partial charge in [-0.3, -0.25) is 11.3 Å². The molecule has 0 saturated heterocycles. The van der Waals surface area contributed by atoms with Crippen LogP contribution in [0.3, 0.4) is 0 Å². The first-order chi connectivity index (χ1) is 9.10. The molecule has 19 heavy (non-hydrogen) atoms. The molecule has 2 aromatic carbocycles. The lowest BCUT2D eigenvalue weighted by Gasteiger charge is -2.34. The van der Waals surface area contributed by atoms with E-state index in [4.69, 9.17) is 10.6 Å². The maximum atomic E-state index is 5.84. The molecule has 102 valence electrons. The van der Waals surface area contributed by atoms with Crippen LogP contribution in [-0.4, -0.2) is 12.2 Å². The molecule has 0 aliphatic heterocycles. The Kier molecular flexibility index (Phi) is 4.20. The zero-order valence-corrected chi connectivity index (χ0v) is 11.8. The lowest BCUT2D eigenvalue weighted by molar-refractivity contribution is -0.0389. The van der Waals surface area contributed by atoms with Crippen LogP contribution >= 0.6 is 0 Å². The summed E-state index contributed by atoms with van der Waals surface area (Å²) in [6.07, 6.45) is 0. The Bertz CT molecular complexity index is 546. The Morgan fingerprint density at radius 3 is 2.53 bits per heavy atom. The summed E-state index contributed by atoms with van der Waals surface area (Å²) in [6, 6.07) is 14.5. The Morgan fingerprint density at radius 2 is 1.84 bits per heavy atom. The number of hydrogen-bond acceptors (Lipinski definition) is 3. The molecule has 3 N–H and O–H groups in total. The lowest BCUT2D eigenvalue weighted by Crippen LogP contribution is -2.44. The van der Waals surface area contributed by atoms with E-state index in [9.17, 15) is 0 Å². The van der Waals surface area contributed by atoms with Crippen molar-refractivity contribution in [1.29, 1.82) is 0 Å². The van der Waals surface area contributed by atoms with Crippen molar-refractivity contribution >= 4 is 10.8 Å². The van der Waals surface area contributed by atoms with Crippen molar-refractivity contribution in [3.8, 4) is 0 Å². The minimum atomic E-state index is -0.367. The third-order valence-electron chi connectivity index (χ3n) is 3.51.